The van der Waals surface area contributed by atoms with Crippen LogP contribution in [0.25, 0.3) is 0 Å². The second-order valence-corrected chi connectivity index (χ2v) is 4.48. The SMILES string of the molecule is CC(C(=O)Nc1cc(N)c(F)cc1F)c1ccccc1. The maximum atomic E-state index is 13.5. The topological polar surface area (TPSA) is 55.1 Å². The Labute approximate surface area is 115 Å². The van der Waals surface area contributed by atoms with Crippen molar-refractivity contribution in [3.8, 4) is 0 Å². The maximum Gasteiger partial charge on any atom is 0.231 e. The van der Waals surface area contributed by atoms with Crippen molar-refractivity contribution in [2.75, 3.05) is 11.1 Å². The van der Waals surface area contributed by atoms with E-state index in [4.69, 9.17) is 5.73 Å². The molecule has 20 heavy (non-hydrogen) atoms. The number of hydrogen-bond donors (Lipinski definition) is 2. The predicted octanol–water partition coefficient (Wildman–Crippen LogP) is 3.29. The summed E-state index contributed by atoms with van der Waals surface area (Å²) < 4.78 is 26.6. The summed E-state index contributed by atoms with van der Waals surface area (Å²) >= 11 is 0. The van der Waals surface area contributed by atoms with Gasteiger partial charge in [0.05, 0.1) is 17.3 Å². The highest BCUT2D eigenvalue weighted by molar-refractivity contribution is 5.96. The molecule has 3 N–H and O–H groups in total. The molecule has 1 atom stereocenters. The molecule has 0 saturated heterocycles. The molecule has 104 valence electrons. The molecule has 0 bridgehead atoms. The number of anilines is 2. The first kappa shape index (κ1) is 14.0. The number of benzene rings is 2. The lowest BCUT2D eigenvalue weighted by Gasteiger charge is -2.13. The summed E-state index contributed by atoms with van der Waals surface area (Å²) in [5, 5.41) is 2.42. The smallest absolute Gasteiger partial charge is 0.231 e. The second-order valence-electron chi connectivity index (χ2n) is 4.48. The van der Waals surface area contributed by atoms with Gasteiger partial charge in [-0.15, -0.1) is 0 Å². The van der Waals surface area contributed by atoms with Crippen LogP contribution >= 0.6 is 0 Å². The third-order valence-electron chi connectivity index (χ3n) is 3.04. The van der Waals surface area contributed by atoms with Crippen LogP contribution in [0.3, 0.4) is 0 Å². The average molecular weight is 276 g/mol. The van der Waals surface area contributed by atoms with Crippen molar-refractivity contribution in [3.05, 3.63) is 59.7 Å². The van der Waals surface area contributed by atoms with Gasteiger partial charge in [-0.05, 0) is 18.6 Å². The van der Waals surface area contributed by atoms with Gasteiger partial charge in [0.25, 0.3) is 0 Å². The Hall–Kier alpha value is -2.43. The third-order valence-corrected chi connectivity index (χ3v) is 3.04. The van der Waals surface area contributed by atoms with Gasteiger partial charge < -0.3 is 11.1 Å². The minimum atomic E-state index is -0.856. The number of nitrogens with one attached hydrogen (secondary N) is 1. The molecule has 3 nitrogen and oxygen atoms in total. The molecule has 0 heterocycles. The van der Waals surface area contributed by atoms with Crippen LogP contribution in [-0.4, -0.2) is 5.91 Å². The fourth-order valence-corrected chi connectivity index (χ4v) is 1.80. The normalized spacial score (nSPS) is 11.9. The monoisotopic (exact) mass is 276 g/mol. The zero-order valence-corrected chi connectivity index (χ0v) is 10.9. The molecule has 1 amide bonds. The average Bonchev–Trinajstić information content (AvgIpc) is 2.44. The van der Waals surface area contributed by atoms with Gasteiger partial charge in [-0.2, -0.15) is 0 Å². The predicted molar refractivity (Wildman–Crippen MR) is 74.3 cm³/mol. The number of halogens is 2. The van der Waals surface area contributed by atoms with Crippen molar-refractivity contribution < 1.29 is 13.6 Å². The molecule has 5 heteroatoms. The first-order chi connectivity index (χ1) is 9.49. The number of nitrogen functional groups attached to an aromatic ring is 1. The fourth-order valence-electron chi connectivity index (χ4n) is 1.80. The summed E-state index contributed by atoms with van der Waals surface area (Å²) in [6.45, 7) is 1.70. The maximum absolute atomic E-state index is 13.5. The van der Waals surface area contributed by atoms with E-state index in [1.165, 1.54) is 0 Å². The van der Waals surface area contributed by atoms with Crippen molar-refractivity contribution in [2.45, 2.75) is 12.8 Å². The molecule has 2 rings (SSSR count). The molecule has 0 radical (unpaired) electrons. The molecular weight excluding hydrogens is 262 g/mol. The van der Waals surface area contributed by atoms with E-state index in [-0.39, 0.29) is 17.3 Å². The number of carbonyl (C=O) groups excluding carboxylic acids is 1. The van der Waals surface area contributed by atoms with Crippen LogP contribution in [0.1, 0.15) is 18.4 Å². The molecule has 0 aromatic heterocycles. The van der Waals surface area contributed by atoms with Gasteiger partial charge in [0.1, 0.15) is 11.6 Å². The summed E-state index contributed by atoms with van der Waals surface area (Å²) in [5.41, 5.74) is 5.82. The van der Waals surface area contributed by atoms with Gasteiger partial charge in [-0.25, -0.2) is 8.78 Å². The number of amides is 1. The van der Waals surface area contributed by atoms with Crippen LogP contribution in [0, 0.1) is 11.6 Å². The van der Waals surface area contributed by atoms with Crippen molar-refractivity contribution in [1.82, 2.24) is 0 Å². The number of rotatable bonds is 3. The highest BCUT2D eigenvalue weighted by atomic mass is 19.1. The molecule has 1 unspecified atom stereocenters. The molecule has 0 fully saturated rings. The second kappa shape index (κ2) is 5.69. The molecular formula is C15H14F2N2O. The Morgan fingerprint density at radius 1 is 1.15 bits per heavy atom. The number of hydrogen-bond acceptors (Lipinski definition) is 2. The van der Waals surface area contributed by atoms with Gasteiger partial charge in [-0.3, -0.25) is 4.79 Å². The molecule has 0 saturated carbocycles. The molecule has 2 aromatic rings. The molecule has 0 aliphatic heterocycles. The van der Waals surface area contributed by atoms with Crippen molar-refractivity contribution >= 4 is 17.3 Å². The van der Waals surface area contributed by atoms with E-state index in [0.29, 0.717) is 6.07 Å². The lowest BCUT2D eigenvalue weighted by molar-refractivity contribution is -0.117. The summed E-state index contributed by atoms with van der Waals surface area (Å²) in [4.78, 5) is 12.0. The van der Waals surface area contributed by atoms with Crippen LogP contribution in [0.15, 0.2) is 42.5 Å². The van der Waals surface area contributed by atoms with Gasteiger partial charge in [-0.1, -0.05) is 30.3 Å². The largest absolute Gasteiger partial charge is 0.396 e. The van der Waals surface area contributed by atoms with Gasteiger partial charge in [0, 0.05) is 6.07 Å². The Kier molecular flexibility index (Phi) is 3.98. The first-order valence-corrected chi connectivity index (χ1v) is 6.09. The van der Waals surface area contributed by atoms with Gasteiger partial charge in [0.15, 0.2) is 0 Å². The van der Waals surface area contributed by atoms with Crippen LogP contribution in [0.4, 0.5) is 20.2 Å². The standard InChI is InChI=1S/C15H14F2N2O/c1-9(10-5-3-2-4-6-10)15(20)19-14-8-13(18)11(16)7-12(14)17/h2-9H,18H2,1H3,(H,19,20). The van der Waals surface area contributed by atoms with E-state index in [2.05, 4.69) is 5.32 Å². The van der Waals surface area contributed by atoms with E-state index in [9.17, 15) is 13.6 Å². The Morgan fingerprint density at radius 2 is 1.80 bits per heavy atom. The molecule has 0 aliphatic rings. The highest BCUT2D eigenvalue weighted by Gasteiger charge is 2.17. The number of nitrogens with two attached hydrogens (primary N) is 1. The van der Waals surface area contributed by atoms with E-state index in [0.717, 1.165) is 11.6 Å². The quantitative estimate of drug-likeness (QED) is 0.845. The number of carbonyl (C=O) groups is 1. The fraction of sp³-hybridized carbons (Fsp3) is 0.133. The zero-order chi connectivity index (χ0) is 14.7. The van der Waals surface area contributed by atoms with Crippen LogP contribution in [0.2, 0.25) is 0 Å². The van der Waals surface area contributed by atoms with Crippen molar-refractivity contribution in [2.24, 2.45) is 0 Å². The van der Waals surface area contributed by atoms with Crippen LogP contribution < -0.4 is 11.1 Å². The summed E-state index contributed by atoms with van der Waals surface area (Å²) in [6.07, 6.45) is 0. The van der Waals surface area contributed by atoms with Crippen molar-refractivity contribution in [1.29, 1.82) is 0 Å². The molecule has 0 aliphatic carbocycles. The van der Waals surface area contributed by atoms with Crippen LogP contribution in [0.5, 0.6) is 0 Å². The third kappa shape index (κ3) is 2.93. The summed E-state index contributed by atoms with van der Waals surface area (Å²) in [7, 11) is 0. The van der Waals surface area contributed by atoms with Crippen LogP contribution in [-0.2, 0) is 4.79 Å². The van der Waals surface area contributed by atoms with Crippen molar-refractivity contribution in [3.63, 3.8) is 0 Å². The van der Waals surface area contributed by atoms with E-state index >= 15 is 0 Å². The molecule has 2 aromatic carbocycles. The minimum absolute atomic E-state index is 0.128. The van der Waals surface area contributed by atoms with E-state index in [1.807, 2.05) is 18.2 Å². The van der Waals surface area contributed by atoms with E-state index in [1.54, 1.807) is 19.1 Å². The Bertz CT molecular complexity index is 629. The zero-order valence-electron chi connectivity index (χ0n) is 10.9. The lowest BCUT2D eigenvalue weighted by Crippen LogP contribution is -2.19. The molecule has 0 spiro atoms. The minimum Gasteiger partial charge on any atom is -0.396 e. The van der Waals surface area contributed by atoms with Gasteiger partial charge in [0.2, 0.25) is 5.91 Å². The summed E-state index contributed by atoms with van der Waals surface area (Å²) in [5.74, 6) is -2.55. The first-order valence-electron chi connectivity index (χ1n) is 6.09. The summed E-state index contributed by atoms with van der Waals surface area (Å²) in [6, 6.07) is 10.8. The Balaban J connectivity index is 2.18. The highest BCUT2D eigenvalue weighted by Crippen LogP contribution is 2.23. The Morgan fingerprint density at radius 3 is 2.45 bits per heavy atom. The lowest BCUT2D eigenvalue weighted by atomic mass is 10.0. The van der Waals surface area contributed by atoms with E-state index < -0.39 is 17.6 Å². The van der Waals surface area contributed by atoms with Gasteiger partial charge >= 0.3 is 0 Å².